The van der Waals surface area contributed by atoms with Gasteiger partial charge in [0.2, 0.25) is 0 Å². The first kappa shape index (κ1) is 22.2. The van der Waals surface area contributed by atoms with Crippen molar-refractivity contribution in [2.24, 2.45) is 0 Å². The van der Waals surface area contributed by atoms with Crippen molar-refractivity contribution in [2.75, 3.05) is 20.1 Å². The van der Waals surface area contributed by atoms with E-state index in [1.165, 1.54) is 0 Å². The highest BCUT2D eigenvalue weighted by molar-refractivity contribution is 6.56. The van der Waals surface area contributed by atoms with E-state index >= 15 is 0 Å². The summed E-state index contributed by atoms with van der Waals surface area (Å²) in [6.45, 7) is 1.98. The van der Waals surface area contributed by atoms with Crippen LogP contribution in [-0.2, 0) is 13.1 Å². The summed E-state index contributed by atoms with van der Waals surface area (Å²) >= 11 is 18.1. The molecule has 0 radical (unpaired) electrons. The van der Waals surface area contributed by atoms with Crippen LogP contribution in [0.15, 0.2) is 70.4 Å². The van der Waals surface area contributed by atoms with Crippen molar-refractivity contribution < 1.29 is 4.92 Å². The van der Waals surface area contributed by atoms with Crippen LogP contribution in [0.25, 0.3) is 0 Å². The summed E-state index contributed by atoms with van der Waals surface area (Å²) in [6, 6.07) is 13.1. The molecule has 0 saturated carbocycles. The van der Waals surface area contributed by atoms with E-state index in [0.29, 0.717) is 37.2 Å². The van der Waals surface area contributed by atoms with Crippen LogP contribution in [0.3, 0.4) is 0 Å². The van der Waals surface area contributed by atoms with E-state index in [0.717, 1.165) is 11.1 Å². The van der Waals surface area contributed by atoms with Crippen molar-refractivity contribution >= 4 is 34.8 Å². The average Bonchev–Trinajstić information content (AvgIpc) is 3.15. The zero-order chi connectivity index (χ0) is 21.7. The predicted molar refractivity (Wildman–Crippen MR) is 118 cm³/mol. The van der Waals surface area contributed by atoms with Crippen molar-refractivity contribution in [3.63, 3.8) is 0 Å². The van der Waals surface area contributed by atoms with Crippen LogP contribution in [0.2, 0.25) is 5.15 Å². The Bertz CT molecular complexity index is 960. The van der Waals surface area contributed by atoms with Gasteiger partial charge in [0, 0.05) is 39.4 Å². The number of benzene rings is 1. The Morgan fingerprint density at radius 3 is 2.57 bits per heavy atom. The van der Waals surface area contributed by atoms with Gasteiger partial charge < -0.3 is 15.1 Å². The Hall–Kier alpha value is -2.48. The molecule has 0 spiro atoms. The van der Waals surface area contributed by atoms with Crippen molar-refractivity contribution in [2.45, 2.75) is 13.1 Å². The number of hydrogen-bond donors (Lipinski definition) is 1. The zero-order valence-corrected chi connectivity index (χ0v) is 18.5. The van der Waals surface area contributed by atoms with Gasteiger partial charge in [-0.25, -0.2) is 4.98 Å². The number of rotatable bonds is 7. The second kappa shape index (κ2) is 10.0. The van der Waals surface area contributed by atoms with Gasteiger partial charge in [0.15, 0.2) is 11.5 Å². The molecule has 1 saturated heterocycles. The van der Waals surface area contributed by atoms with Crippen LogP contribution in [0.1, 0.15) is 11.1 Å². The number of nitro groups is 1. The first-order valence-corrected chi connectivity index (χ1v) is 10.3. The smallest absolute Gasteiger partial charge is 0.334 e. The number of likely N-dealkylation sites (N-methyl/N-ethyl adjacent to an activating group) is 1. The van der Waals surface area contributed by atoms with E-state index in [1.54, 1.807) is 24.2 Å². The van der Waals surface area contributed by atoms with Gasteiger partial charge in [0.05, 0.1) is 4.92 Å². The van der Waals surface area contributed by atoms with Crippen LogP contribution < -0.4 is 5.32 Å². The maximum absolute atomic E-state index is 12.1. The van der Waals surface area contributed by atoms with Crippen LogP contribution >= 0.6 is 34.8 Å². The lowest BCUT2D eigenvalue weighted by Crippen LogP contribution is -2.29. The highest BCUT2D eigenvalue weighted by atomic mass is 35.5. The number of aromatic nitrogens is 1. The van der Waals surface area contributed by atoms with Crippen LogP contribution in [0.5, 0.6) is 0 Å². The van der Waals surface area contributed by atoms with E-state index in [1.807, 2.05) is 41.3 Å². The minimum Gasteiger partial charge on any atom is -0.364 e. The first-order chi connectivity index (χ1) is 14.4. The summed E-state index contributed by atoms with van der Waals surface area (Å²) in [5.41, 5.74) is 1.83. The molecule has 1 N–H and O–H groups in total. The third-order valence-electron chi connectivity index (χ3n) is 4.61. The molecule has 1 aromatic carbocycles. The molecule has 0 atom stereocenters. The molecule has 2 heterocycles. The fourth-order valence-corrected chi connectivity index (χ4v) is 3.86. The zero-order valence-electron chi connectivity index (χ0n) is 16.2. The monoisotopic (exact) mass is 467 g/mol. The molecule has 10 heteroatoms. The average molecular weight is 469 g/mol. The standard InChI is InChI=1S/C20H20Cl3N5O2/c1-26(12-14-5-3-2-4-6-14)17(19(22)23)18(28(29)30)20-24-9-10-27(20)13-15-7-8-16(21)25-11-15/h2-8,11,24H,9-10,12-13H2,1H3. The number of pyridine rings is 1. The highest BCUT2D eigenvalue weighted by Gasteiger charge is 2.34. The minimum absolute atomic E-state index is 0.149. The summed E-state index contributed by atoms with van der Waals surface area (Å²) in [5.74, 6) is 0.365. The highest BCUT2D eigenvalue weighted by Crippen LogP contribution is 2.30. The summed E-state index contributed by atoms with van der Waals surface area (Å²) in [6.07, 6.45) is 1.65. The van der Waals surface area contributed by atoms with E-state index < -0.39 is 4.92 Å². The minimum atomic E-state index is -0.456. The molecular formula is C20H20Cl3N5O2. The quantitative estimate of drug-likeness (QED) is 0.370. The lowest BCUT2D eigenvalue weighted by molar-refractivity contribution is -0.425. The van der Waals surface area contributed by atoms with Gasteiger partial charge in [-0.2, -0.15) is 0 Å². The van der Waals surface area contributed by atoms with Gasteiger partial charge in [0.25, 0.3) is 0 Å². The molecule has 1 aliphatic heterocycles. The molecule has 30 heavy (non-hydrogen) atoms. The molecular weight excluding hydrogens is 449 g/mol. The normalized spacial score (nSPS) is 14.9. The molecule has 1 aromatic heterocycles. The summed E-state index contributed by atoms with van der Waals surface area (Å²) in [4.78, 5) is 19.3. The molecule has 0 amide bonds. The largest absolute Gasteiger partial charge is 0.364 e. The SMILES string of the molecule is CN(Cc1ccccc1)C(=C(Cl)Cl)C(=C1NCCN1Cc1ccc(Cl)nc1)[N+](=O)[O-]. The van der Waals surface area contributed by atoms with Crippen LogP contribution in [-0.4, -0.2) is 39.8 Å². The molecule has 7 nitrogen and oxygen atoms in total. The Kier molecular flexibility index (Phi) is 7.42. The molecule has 2 aromatic rings. The lowest BCUT2D eigenvalue weighted by atomic mass is 10.2. The maximum Gasteiger partial charge on any atom is 0.334 e. The third-order valence-corrected chi connectivity index (χ3v) is 5.19. The van der Waals surface area contributed by atoms with E-state index in [2.05, 4.69) is 10.3 Å². The second-order valence-electron chi connectivity index (χ2n) is 6.74. The lowest BCUT2D eigenvalue weighted by Gasteiger charge is -2.24. The van der Waals surface area contributed by atoms with E-state index in [-0.39, 0.29) is 15.9 Å². The number of nitrogens with zero attached hydrogens (tertiary/aromatic N) is 4. The van der Waals surface area contributed by atoms with Crippen molar-refractivity contribution in [3.8, 4) is 0 Å². The van der Waals surface area contributed by atoms with Crippen molar-refractivity contribution in [1.82, 2.24) is 20.1 Å². The maximum atomic E-state index is 12.1. The summed E-state index contributed by atoms with van der Waals surface area (Å²) in [7, 11) is 1.72. The molecule has 0 aliphatic carbocycles. The fourth-order valence-electron chi connectivity index (χ4n) is 3.28. The molecule has 1 fully saturated rings. The summed E-state index contributed by atoms with van der Waals surface area (Å²) < 4.78 is -0.172. The van der Waals surface area contributed by atoms with Gasteiger partial charge in [-0.15, -0.1) is 0 Å². The number of hydrogen-bond acceptors (Lipinski definition) is 6. The molecule has 0 bridgehead atoms. The van der Waals surface area contributed by atoms with Crippen LogP contribution in [0, 0.1) is 10.1 Å². The van der Waals surface area contributed by atoms with Crippen molar-refractivity contribution in [3.05, 3.63) is 96.8 Å². The van der Waals surface area contributed by atoms with Gasteiger partial charge in [0.1, 0.15) is 9.64 Å². The van der Waals surface area contributed by atoms with E-state index in [9.17, 15) is 10.1 Å². The Labute approximate surface area is 189 Å². The van der Waals surface area contributed by atoms with Gasteiger partial charge in [-0.05, 0) is 17.2 Å². The Morgan fingerprint density at radius 1 is 1.23 bits per heavy atom. The Balaban J connectivity index is 1.95. The van der Waals surface area contributed by atoms with Crippen molar-refractivity contribution in [1.29, 1.82) is 0 Å². The molecule has 3 rings (SSSR count). The van der Waals surface area contributed by atoms with Gasteiger partial charge >= 0.3 is 5.70 Å². The third kappa shape index (κ3) is 5.36. The first-order valence-electron chi connectivity index (χ1n) is 9.15. The molecule has 158 valence electrons. The topological polar surface area (TPSA) is 74.5 Å². The fraction of sp³-hybridized carbons (Fsp3) is 0.250. The van der Waals surface area contributed by atoms with Gasteiger partial charge in [-0.1, -0.05) is 71.2 Å². The number of halogens is 3. The van der Waals surface area contributed by atoms with Gasteiger partial charge in [-0.3, -0.25) is 10.1 Å². The second-order valence-corrected chi connectivity index (χ2v) is 8.08. The molecule has 1 aliphatic rings. The molecule has 0 unspecified atom stereocenters. The summed E-state index contributed by atoms with van der Waals surface area (Å²) in [5, 5.41) is 15.6. The van der Waals surface area contributed by atoms with E-state index in [4.69, 9.17) is 34.8 Å². The predicted octanol–water partition coefficient (Wildman–Crippen LogP) is 4.36. The Morgan fingerprint density at radius 2 is 1.97 bits per heavy atom. The van der Waals surface area contributed by atoms with Crippen LogP contribution in [0.4, 0.5) is 0 Å². The number of nitrogens with one attached hydrogen (secondary N) is 1.